The predicted molar refractivity (Wildman–Crippen MR) is 86.6 cm³/mol. The molecule has 1 nitrogen and oxygen atoms in total. The van der Waals surface area contributed by atoms with E-state index in [-0.39, 0.29) is 0 Å². The number of rotatable bonds is 9. The Balaban J connectivity index is 2.31. The lowest BCUT2D eigenvalue weighted by molar-refractivity contribution is 0.147. The van der Waals surface area contributed by atoms with Crippen LogP contribution in [-0.2, 0) is 0 Å². The second-order valence-electron chi connectivity index (χ2n) is 6.93. The Hall–Kier alpha value is -0.0400. The van der Waals surface area contributed by atoms with Crippen LogP contribution in [-0.4, -0.2) is 25.0 Å². The third-order valence-corrected chi connectivity index (χ3v) is 5.23. The van der Waals surface area contributed by atoms with E-state index >= 15 is 0 Å². The third-order valence-electron chi connectivity index (χ3n) is 5.23. The smallest absolute Gasteiger partial charge is 0.00893 e. The van der Waals surface area contributed by atoms with Gasteiger partial charge >= 0.3 is 0 Å². The summed E-state index contributed by atoms with van der Waals surface area (Å²) >= 11 is 0. The van der Waals surface area contributed by atoms with Crippen molar-refractivity contribution in [1.82, 2.24) is 4.90 Å². The van der Waals surface area contributed by atoms with Gasteiger partial charge in [0.1, 0.15) is 0 Å². The molecule has 0 heterocycles. The largest absolute Gasteiger partial charge is 0.306 e. The molecule has 1 rings (SSSR count). The van der Waals surface area contributed by atoms with Crippen molar-refractivity contribution in [3.8, 4) is 0 Å². The fourth-order valence-corrected chi connectivity index (χ4v) is 3.91. The van der Waals surface area contributed by atoms with E-state index in [1.165, 1.54) is 70.6 Å². The molecular weight excluding hydrogens is 230 g/mol. The number of nitrogens with zero attached hydrogens (tertiary/aromatic N) is 1. The molecule has 0 radical (unpaired) electrons. The molecule has 1 aliphatic rings. The van der Waals surface area contributed by atoms with Crippen molar-refractivity contribution in [3.05, 3.63) is 0 Å². The van der Waals surface area contributed by atoms with Crippen LogP contribution in [0, 0.1) is 11.8 Å². The van der Waals surface area contributed by atoms with Gasteiger partial charge in [0.05, 0.1) is 0 Å². The van der Waals surface area contributed by atoms with E-state index in [1.807, 2.05) is 0 Å². The summed E-state index contributed by atoms with van der Waals surface area (Å²) in [5.74, 6) is 2.07. The first-order valence-electron chi connectivity index (χ1n) is 8.85. The van der Waals surface area contributed by atoms with Crippen LogP contribution in [0.2, 0.25) is 0 Å². The van der Waals surface area contributed by atoms with Crippen molar-refractivity contribution < 1.29 is 0 Å². The molecule has 0 spiro atoms. The van der Waals surface area contributed by atoms with Crippen molar-refractivity contribution >= 4 is 0 Å². The minimum Gasteiger partial charge on any atom is -0.306 e. The molecule has 114 valence electrons. The zero-order chi connectivity index (χ0) is 14.1. The van der Waals surface area contributed by atoms with E-state index in [1.54, 1.807) is 0 Å². The molecule has 1 aliphatic carbocycles. The highest BCUT2D eigenvalue weighted by molar-refractivity contribution is 4.81. The van der Waals surface area contributed by atoms with Crippen LogP contribution in [0.1, 0.15) is 84.5 Å². The van der Waals surface area contributed by atoms with Gasteiger partial charge in [-0.15, -0.1) is 0 Å². The molecule has 0 N–H and O–H groups in total. The van der Waals surface area contributed by atoms with E-state index in [9.17, 15) is 0 Å². The summed E-state index contributed by atoms with van der Waals surface area (Å²) in [6, 6.07) is 0.860. The Morgan fingerprint density at radius 2 is 1.53 bits per heavy atom. The molecule has 0 saturated heterocycles. The lowest BCUT2D eigenvalue weighted by Crippen LogP contribution is -2.34. The highest BCUT2D eigenvalue weighted by Crippen LogP contribution is 2.36. The number of hydrogen-bond acceptors (Lipinski definition) is 1. The van der Waals surface area contributed by atoms with E-state index in [0.29, 0.717) is 0 Å². The van der Waals surface area contributed by atoms with Crippen LogP contribution >= 0.6 is 0 Å². The highest BCUT2D eigenvalue weighted by atomic mass is 15.1. The molecular formula is C18H37N. The molecule has 1 heteroatoms. The summed E-state index contributed by atoms with van der Waals surface area (Å²) in [7, 11) is 4.50. The van der Waals surface area contributed by atoms with Crippen LogP contribution in [0.3, 0.4) is 0 Å². The summed E-state index contributed by atoms with van der Waals surface area (Å²) in [5, 5.41) is 0. The van der Waals surface area contributed by atoms with Gasteiger partial charge in [-0.3, -0.25) is 0 Å². The Morgan fingerprint density at radius 1 is 0.842 bits per heavy atom. The third kappa shape index (κ3) is 6.29. The Morgan fingerprint density at radius 3 is 2.05 bits per heavy atom. The van der Waals surface area contributed by atoms with Crippen LogP contribution < -0.4 is 0 Å². The summed E-state index contributed by atoms with van der Waals surface area (Å²) in [4.78, 5) is 2.44. The second kappa shape index (κ2) is 9.80. The minimum atomic E-state index is 0.860. The maximum Gasteiger partial charge on any atom is 0.00893 e. The summed E-state index contributed by atoms with van der Waals surface area (Å²) in [5.41, 5.74) is 0. The second-order valence-corrected chi connectivity index (χ2v) is 6.93. The molecule has 0 amide bonds. The fraction of sp³-hybridized carbons (Fsp3) is 1.00. The van der Waals surface area contributed by atoms with Crippen molar-refractivity contribution in [2.75, 3.05) is 14.1 Å². The average molecular weight is 268 g/mol. The van der Waals surface area contributed by atoms with Gasteiger partial charge in [0.2, 0.25) is 0 Å². The van der Waals surface area contributed by atoms with E-state index in [4.69, 9.17) is 0 Å². The summed E-state index contributed by atoms with van der Waals surface area (Å²) in [6.45, 7) is 4.68. The van der Waals surface area contributed by atoms with Crippen LogP contribution in [0.4, 0.5) is 0 Å². The first-order chi connectivity index (χ1) is 9.19. The molecule has 0 aliphatic heterocycles. The standard InChI is InChI=1S/C18H37N/c1-5-7-8-9-11-16(10-6-2)17-12-14-18(15-13-17)19(3)4/h16-18H,5-15H2,1-4H3. The first kappa shape index (κ1) is 17.0. The van der Waals surface area contributed by atoms with Gasteiger partial charge in [0.25, 0.3) is 0 Å². The Bertz CT molecular complexity index is 204. The molecule has 0 bridgehead atoms. The monoisotopic (exact) mass is 267 g/mol. The molecule has 1 atom stereocenters. The topological polar surface area (TPSA) is 3.24 Å². The van der Waals surface area contributed by atoms with Crippen molar-refractivity contribution in [2.24, 2.45) is 11.8 Å². The van der Waals surface area contributed by atoms with Crippen LogP contribution in [0.25, 0.3) is 0 Å². The summed E-state index contributed by atoms with van der Waals surface area (Å²) < 4.78 is 0. The lowest BCUT2D eigenvalue weighted by atomic mass is 9.74. The number of unbranched alkanes of at least 4 members (excludes halogenated alkanes) is 3. The maximum absolute atomic E-state index is 2.44. The average Bonchev–Trinajstić information content (AvgIpc) is 2.42. The van der Waals surface area contributed by atoms with Crippen molar-refractivity contribution in [3.63, 3.8) is 0 Å². The zero-order valence-corrected chi connectivity index (χ0v) is 14.0. The van der Waals surface area contributed by atoms with Gasteiger partial charge in [-0.1, -0.05) is 58.8 Å². The molecule has 0 aromatic rings. The van der Waals surface area contributed by atoms with Gasteiger partial charge in [0, 0.05) is 6.04 Å². The SMILES string of the molecule is CCCCCCC(CCC)C1CCC(N(C)C)CC1. The van der Waals surface area contributed by atoms with Crippen LogP contribution in [0.15, 0.2) is 0 Å². The predicted octanol–water partition coefficient (Wildman–Crippen LogP) is 5.49. The molecule has 19 heavy (non-hydrogen) atoms. The van der Waals surface area contributed by atoms with Gasteiger partial charge in [0.15, 0.2) is 0 Å². The van der Waals surface area contributed by atoms with E-state index in [2.05, 4.69) is 32.8 Å². The first-order valence-corrected chi connectivity index (χ1v) is 8.85. The fourth-order valence-electron chi connectivity index (χ4n) is 3.91. The van der Waals surface area contributed by atoms with E-state index in [0.717, 1.165) is 17.9 Å². The normalized spacial score (nSPS) is 25.7. The van der Waals surface area contributed by atoms with E-state index < -0.39 is 0 Å². The van der Waals surface area contributed by atoms with Gasteiger partial charge in [-0.2, -0.15) is 0 Å². The zero-order valence-electron chi connectivity index (χ0n) is 14.0. The number of hydrogen-bond donors (Lipinski definition) is 0. The Labute approximate surface area is 122 Å². The highest BCUT2D eigenvalue weighted by Gasteiger charge is 2.27. The quantitative estimate of drug-likeness (QED) is 0.499. The summed E-state index contributed by atoms with van der Waals surface area (Å²) in [6.07, 6.45) is 16.0. The lowest BCUT2D eigenvalue weighted by Gasteiger charge is -2.36. The molecule has 1 fully saturated rings. The molecule has 0 aromatic carbocycles. The van der Waals surface area contributed by atoms with Gasteiger partial charge < -0.3 is 4.90 Å². The van der Waals surface area contributed by atoms with Crippen molar-refractivity contribution in [2.45, 2.75) is 90.5 Å². The molecule has 1 saturated carbocycles. The van der Waals surface area contributed by atoms with Crippen molar-refractivity contribution in [1.29, 1.82) is 0 Å². The Kier molecular flexibility index (Phi) is 8.77. The molecule has 0 aromatic heterocycles. The van der Waals surface area contributed by atoms with Gasteiger partial charge in [-0.25, -0.2) is 0 Å². The van der Waals surface area contributed by atoms with Gasteiger partial charge in [-0.05, 0) is 51.6 Å². The van der Waals surface area contributed by atoms with Crippen LogP contribution in [0.5, 0.6) is 0 Å². The minimum absolute atomic E-state index is 0.860. The molecule has 1 unspecified atom stereocenters. The maximum atomic E-state index is 2.44.